The number of carboxylic acid groups (broad SMARTS) is 1. The predicted octanol–water partition coefficient (Wildman–Crippen LogP) is 1.41. The van der Waals surface area contributed by atoms with E-state index in [4.69, 9.17) is 10.8 Å². The fourth-order valence-electron chi connectivity index (χ4n) is 1.24. The van der Waals surface area contributed by atoms with E-state index in [1.807, 2.05) is 6.92 Å². The van der Waals surface area contributed by atoms with Crippen LogP contribution in [0.15, 0.2) is 18.2 Å². The van der Waals surface area contributed by atoms with E-state index in [-0.39, 0.29) is 11.6 Å². The van der Waals surface area contributed by atoms with Crippen molar-refractivity contribution in [3.63, 3.8) is 0 Å². The van der Waals surface area contributed by atoms with Gasteiger partial charge >= 0.3 is 5.97 Å². The fourth-order valence-corrected chi connectivity index (χ4v) is 1.24. The monoisotopic (exact) mass is 197 g/mol. The van der Waals surface area contributed by atoms with Crippen LogP contribution in [0.2, 0.25) is 0 Å². The third kappa shape index (κ3) is 2.53. The minimum atomic E-state index is -1.26. The molecule has 0 saturated carbocycles. The Labute approximate surface area is 81.4 Å². The second-order valence-electron chi connectivity index (χ2n) is 3.30. The molecule has 1 aromatic carbocycles. The lowest BCUT2D eigenvalue weighted by atomic mass is 10.0. The predicted molar refractivity (Wildman–Crippen MR) is 50.7 cm³/mol. The highest BCUT2D eigenvalue weighted by molar-refractivity contribution is 5.88. The van der Waals surface area contributed by atoms with E-state index in [9.17, 15) is 9.18 Å². The van der Waals surface area contributed by atoms with Gasteiger partial charge in [0, 0.05) is 6.04 Å². The average molecular weight is 197 g/mol. The van der Waals surface area contributed by atoms with Crippen LogP contribution in [0.25, 0.3) is 0 Å². The van der Waals surface area contributed by atoms with E-state index in [1.165, 1.54) is 6.07 Å². The van der Waals surface area contributed by atoms with Crippen molar-refractivity contribution >= 4 is 5.97 Å². The lowest BCUT2D eigenvalue weighted by Gasteiger charge is -2.06. The van der Waals surface area contributed by atoms with Crippen molar-refractivity contribution in [2.45, 2.75) is 19.4 Å². The summed E-state index contributed by atoms with van der Waals surface area (Å²) in [6.07, 6.45) is 0.542. The normalized spacial score (nSPS) is 12.5. The Bertz CT molecular complexity index is 350. The number of benzene rings is 1. The van der Waals surface area contributed by atoms with Gasteiger partial charge in [-0.1, -0.05) is 6.07 Å². The van der Waals surface area contributed by atoms with E-state index < -0.39 is 11.8 Å². The topological polar surface area (TPSA) is 63.3 Å². The second-order valence-corrected chi connectivity index (χ2v) is 3.30. The summed E-state index contributed by atoms with van der Waals surface area (Å²) in [5.74, 6) is -1.97. The van der Waals surface area contributed by atoms with E-state index in [0.29, 0.717) is 6.42 Å². The van der Waals surface area contributed by atoms with Gasteiger partial charge in [-0.25, -0.2) is 9.18 Å². The van der Waals surface area contributed by atoms with Gasteiger partial charge in [-0.05, 0) is 31.0 Å². The largest absolute Gasteiger partial charge is 0.478 e. The Balaban J connectivity index is 3.00. The fraction of sp³-hybridized carbons (Fsp3) is 0.300. The zero-order chi connectivity index (χ0) is 10.7. The molecule has 3 N–H and O–H groups in total. The highest BCUT2D eigenvalue weighted by atomic mass is 19.1. The van der Waals surface area contributed by atoms with Crippen LogP contribution in [0.3, 0.4) is 0 Å². The van der Waals surface area contributed by atoms with Crippen LogP contribution in [0.4, 0.5) is 4.39 Å². The van der Waals surface area contributed by atoms with Crippen molar-refractivity contribution in [2.24, 2.45) is 5.73 Å². The molecular formula is C10H12FNO2. The minimum absolute atomic E-state index is 0.0675. The van der Waals surface area contributed by atoms with Gasteiger partial charge in [0.2, 0.25) is 0 Å². The molecule has 0 saturated heterocycles. The number of halogens is 1. The molecule has 0 aliphatic rings. The van der Waals surface area contributed by atoms with Crippen molar-refractivity contribution in [1.82, 2.24) is 0 Å². The maximum Gasteiger partial charge on any atom is 0.338 e. The third-order valence-electron chi connectivity index (χ3n) is 1.82. The molecule has 0 fully saturated rings. The lowest BCUT2D eigenvalue weighted by molar-refractivity contribution is 0.0691. The van der Waals surface area contributed by atoms with Gasteiger partial charge in [-0.3, -0.25) is 0 Å². The standard InChI is InChI=1S/C10H12FNO2/c1-6(12)4-7-2-3-9(11)8(5-7)10(13)14/h2-3,5-6H,4,12H2,1H3,(H,13,14)/t6-/m0/s1. The second kappa shape index (κ2) is 4.19. The van der Waals surface area contributed by atoms with Crippen LogP contribution in [0.5, 0.6) is 0 Å². The van der Waals surface area contributed by atoms with E-state index >= 15 is 0 Å². The molecule has 0 spiro atoms. The number of aromatic carboxylic acids is 1. The van der Waals surface area contributed by atoms with Crippen LogP contribution in [-0.4, -0.2) is 17.1 Å². The van der Waals surface area contributed by atoms with Gasteiger partial charge in [0.15, 0.2) is 0 Å². The number of rotatable bonds is 3. The number of nitrogens with two attached hydrogens (primary N) is 1. The van der Waals surface area contributed by atoms with E-state index in [0.717, 1.165) is 11.6 Å². The van der Waals surface area contributed by atoms with Crippen molar-refractivity contribution in [2.75, 3.05) is 0 Å². The first kappa shape index (κ1) is 10.7. The summed E-state index contributed by atoms with van der Waals surface area (Å²) in [6, 6.07) is 3.95. The first-order valence-corrected chi connectivity index (χ1v) is 4.28. The molecule has 14 heavy (non-hydrogen) atoms. The van der Waals surface area contributed by atoms with E-state index in [2.05, 4.69) is 0 Å². The van der Waals surface area contributed by atoms with Crippen LogP contribution in [0.1, 0.15) is 22.8 Å². The first-order valence-electron chi connectivity index (χ1n) is 4.28. The van der Waals surface area contributed by atoms with Gasteiger partial charge < -0.3 is 10.8 Å². The molecule has 76 valence electrons. The molecule has 0 aromatic heterocycles. The van der Waals surface area contributed by atoms with Crippen LogP contribution >= 0.6 is 0 Å². The lowest BCUT2D eigenvalue weighted by Crippen LogP contribution is -2.18. The van der Waals surface area contributed by atoms with Gasteiger partial charge in [0.1, 0.15) is 5.82 Å². The van der Waals surface area contributed by atoms with Crippen LogP contribution in [-0.2, 0) is 6.42 Å². The molecule has 0 unspecified atom stereocenters. The quantitative estimate of drug-likeness (QED) is 0.770. The Morgan fingerprint density at radius 3 is 2.79 bits per heavy atom. The third-order valence-corrected chi connectivity index (χ3v) is 1.82. The van der Waals surface area contributed by atoms with Gasteiger partial charge in [-0.15, -0.1) is 0 Å². The summed E-state index contributed by atoms with van der Waals surface area (Å²) in [4.78, 5) is 10.6. The van der Waals surface area contributed by atoms with Crippen molar-refractivity contribution in [1.29, 1.82) is 0 Å². The smallest absolute Gasteiger partial charge is 0.338 e. The molecule has 0 radical (unpaired) electrons. The molecule has 1 rings (SSSR count). The molecule has 0 bridgehead atoms. The maximum absolute atomic E-state index is 12.9. The summed E-state index contributed by atoms with van der Waals surface area (Å²) < 4.78 is 12.9. The molecule has 1 atom stereocenters. The number of carbonyl (C=O) groups is 1. The molecule has 0 heterocycles. The highest BCUT2D eigenvalue weighted by Crippen LogP contribution is 2.11. The highest BCUT2D eigenvalue weighted by Gasteiger charge is 2.10. The summed E-state index contributed by atoms with van der Waals surface area (Å²) in [6.45, 7) is 1.81. The van der Waals surface area contributed by atoms with E-state index in [1.54, 1.807) is 6.07 Å². The molecule has 1 aromatic rings. The molecule has 3 nitrogen and oxygen atoms in total. The maximum atomic E-state index is 12.9. The van der Waals surface area contributed by atoms with Crippen LogP contribution in [0, 0.1) is 5.82 Å². The SMILES string of the molecule is C[C@H](N)Cc1ccc(F)c(C(=O)O)c1. The molecular weight excluding hydrogens is 185 g/mol. The number of carboxylic acids is 1. The Morgan fingerprint density at radius 2 is 2.29 bits per heavy atom. The molecule has 0 aliphatic heterocycles. The summed E-state index contributed by atoms with van der Waals surface area (Å²) in [5.41, 5.74) is 5.98. The Kier molecular flexibility index (Phi) is 3.19. The molecule has 4 heteroatoms. The summed E-state index contributed by atoms with van der Waals surface area (Å²) in [5, 5.41) is 8.65. The van der Waals surface area contributed by atoms with Crippen molar-refractivity contribution < 1.29 is 14.3 Å². The summed E-state index contributed by atoms with van der Waals surface area (Å²) >= 11 is 0. The van der Waals surface area contributed by atoms with Gasteiger partial charge in [0.05, 0.1) is 5.56 Å². The van der Waals surface area contributed by atoms with Crippen LogP contribution < -0.4 is 5.73 Å². The minimum Gasteiger partial charge on any atom is -0.478 e. The van der Waals surface area contributed by atoms with Gasteiger partial charge in [-0.2, -0.15) is 0 Å². The zero-order valence-electron chi connectivity index (χ0n) is 7.83. The average Bonchev–Trinajstić information content (AvgIpc) is 2.07. The Hall–Kier alpha value is -1.42. The van der Waals surface area contributed by atoms with Crippen molar-refractivity contribution in [3.8, 4) is 0 Å². The Morgan fingerprint density at radius 1 is 1.64 bits per heavy atom. The molecule has 0 amide bonds. The molecule has 0 aliphatic carbocycles. The van der Waals surface area contributed by atoms with Crippen molar-refractivity contribution in [3.05, 3.63) is 35.1 Å². The zero-order valence-corrected chi connectivity index (χ0v) is 7.83. The van der Waals surface area contributed by atoms with Gasteiger partial charge in [0.25, 0.3) is 0 Å². The first-order chi connectivity index (χ1) is 6.50. The number of hydrogen-bond donors (Lipinski definition) is 2. The summed E-state index contributed by atoms with van der Waals surface area (Å²) in [7, 11) is 0. The number of hydrogen-bond acceptors (Lipinski definition) is 2.